The number of hydrazone groups is 1. The average Bonchev–Trinajstić information content (AvgIpc) is 2.75. The Kier molecular flexibility index (Phi) is 8.32. The van der Waals surface area contributed by atoms with Gasteiger partial charge in [-0.2, -0.15) is 5.10 Å². The second-order valence-corrected chi connectivity index (χ2v) is 9.36. The van der Waals surface area contributed by atoms with Gasteiger partial charge in [0.25, 0.3) is 0 Å². The summed E-state index contributed by atoms with van der Waals surface area (Å²) in [6, 6.07) is -0.0130. The van der Waals surface area contributed by atoms with Crippen LogP contribution in [0, 0.1) is 17.5 Å². The molecule has 0 radical (unpaired) electrons. The Hall–Kier alpha value is -1.80. The second kappa shape index (κ2) is 10.6. The van der Waals surface area contributed by atoms with E-state index in [-0.39, 0.29) is 17.7 Å². The standard InChI is InChI=1S/C20H24F5N3O4S/c21-11-4-9(5-12(22)15(11)23)13(28-26)7-27-16-17(30)14(8-29)32-19(18(16)31)33-10-2-1-3-20(24,25)6-10/h4-5,7,10,14,16-19,29-31H,1-3,6,8,26H2/t10?,14?,16?,17-,18?,19+/m0/s1. The van der Waals surface area contributed by atoms with Gasteiger partial charge in [0.05, 0.1) is 6.61 Å². The molecule has 1 saturated heterocycles. The Bertz CT molecular complexity index is 883. The van der Waals surface area contributed by atoms with E-state index in [4.69, 9.17) is 10.6 Å². The van der Waals surface area contributed by atoms with Gasteiger partial charge in [-0.25, -0.2) is 22.0 Å². The molecule has 1 saturated carbocycles. The van der Waals surface area contributed by atoms with Crippen molar-refractivity contribution in [2.75, 3.05) is 6.61 Å². The third-order valence-electron chi connectivity index (χ3n) is 5.56. The molecule has 6 atom stereocenters. The van der Waals surface area contributed by atoms with E-state index < -0.39 is 71.4 Å². The third-order valence-corrected chi connectivity index (χ3v) is 7.00. The Morgan fingerprint density at radius 2 is 1.88 bits per heavy atom. The first kappa shape index (κ1) is 25.8. The summed E-state index contributed by atoms with van der Waals surface area (Å²) in [6.45, 7) is -0.635. The van der Waals surface area contributed by atoms with Crippen LogP contribution in [0.4, 0.5) is 22.0 Å². The molecule has 5 N–H and O–H groups in total. The van der Waals surface area contributed by atoms with Crippen molar-refractivity contribution < 1.29 is 42.0 Å². The number of halogens is 5. The quantitative estimate of drug-likeness (QED) is 0.157. The van der Waals surface area contributed by atoms with Crippen LogP contribution in [0.15, 0.2) is 22.2 Å². The lowest BCUT2D eigenvalue weighted by molar-refractivity contribution is -0.159. The second-order valence-electron chi connectivity index (χ2n) is 7.95. The molecule has 0 aromatic heterocycles. The predicted molar refractivity (Wildman–Crippen MR) is 112 cm³/mol. The number of aliphatic hydroxyl groups is 3. The molecule has 4 unspecified atom stereocenters. The number of alkyl halides is 2. The van der Waals surface area contributed by atoms with Gasteiger partial charge in [-0.15, -0.1) is 11.8 Å². The van der Waals surface area contributed by atoms with Crippen molar-refractivity contribution in [2.45, 2.75) is 66.6 Å². The average molecular weight is 497 g/mol. The molecule has 0 amide bonds. The van der Waals surface area contributed by atoms with E-state index in [0.717, 1.165) is 18.0 Å². The Morgan fingerprint density at radius 3 is 2.45 bits per heavy atom. The summed E-state index contributed by atoms with van der Waals surface area (Å²) < 4.78 is 73.3. The van der Waals surface area contributed by atoms with Gasteiger partial charge in [0.1, 0.15) is 35.5 Å². The highest BCUT2D eigenvalue weighted by molar-refractivity contribution is 8.00. The largest absolute Gasteiger partial charge is 0.394 e. The third kappa shape index (κ3) is 6.01. The van der Waals surface area contributed by atoms with Crippen LogP contribution in [0.1, 0.15) is 31.2 Å². The number of hydrogen-bond acceptors (Lipinski definition) is 8. The molecule has 1 aromatic carbocycles. The molecule has 1 heterocycles. The summed E-state index contributed by atoms with van der Waals surface area (Å²) in [4.78, 5) is 4.02. The SMILES string of the molecule is NN=C(C=NC1C(O)[C@@H](SC2CCCC(F)(F)C2)OC(CO)[C@@H]1O)c1cc(F)c(F)c(F)c1. The molecule has 1 aliphatic carbocycles. The number of nitrogens with two attached hydrogens (primary N) is 1. The van der Waals surface area contributed by atoms with E-state index in [0.29, 0.717) is 25.0 Å². The van der Waals surface area contributed by atoms with Crippen molar-refractivity contribution in [1.82, 2.24) is 0 Å². The van der Waals surface area contributed by atoms with Gasteiger partial charge in [0.15, 0.2) is 17.5 Å². The fraction of sp³-hybridized carbons (Fsp3) is 0.600. The molecule has 33 heavy (non-hydrogen) atoms. The maximum absolute atomic E-state index is 13.8. The summed E-state index contributed by atoms with van der Waals surface area (Å²) >= 11 is 0.975. The van der Waals surface area contributed by atoms with Crippen LogP contribution in [-0.2, 0) is 4.74 Å². The van der Waals surface area contributed by atoms with E-state index in [1.165, 1.54) is 0 Å². The summed E-state index contributed by atoms with van der Waals surface area (Å²) in [5.74, 6) is -2.21. The Balaban J connectivity index is 1.80. The highest BCUT2D eigenvalue weighted by Crippen LogP contribution is 2.42. The van der Waals surface area contributed by atoms with Gasteiger partial charge >= 0.3 is 0 Å². The van der Waals surface area contributed by atoms with Crippen molar-refractivity contribution in [3.05, 3.63) is 35.1 Å². The molecule has 2 aliphatic rings. The van der Waals surface area contributed by atoms with Gasteiger partial charge in [0, 0.05) is 29.9 Å². The first-order chi connectivity index (χ1) is 15.6. The van der Waals surface area contributed by atoms with Gasteiger partial charge in [-0.05, 0) is 25.0 Å². The molecule has 1 aliphatic heterocycles. The molecule has 2 fully saturated rings. The van der Waals surface area contributed by atoms with Crippen molar-refractivity contribution in [2.24, 2.45) is 15.9 Å². The smallest absolute Gasteiger partial charge is 0.249 e. The number of benzene rings is 1. The molecular weight excluding hydrogens is 473 g/mol. The van der Waals surface area contributed by atoms with Crippen LogP contribution in [0.5, 0.6) is 0 Å². The number of aliphatic hydroxyl groups excluding tert-OH is 3. The van der Waals surface area contributed by atoms with Crippen LogP contribution < -0.4 is 5.84 Å². The first-order valence-electron chi connectivity index (χ1n) is 10.2. The van der Waals surface area contributed by atoms with Crippen molar-refractivity contribution >= 4 is 23.7 Å². The van der Waals surface area contributed by atoms with Crippen LogP contribution >= 0.6 is 11.8 Å². The van der Waals surface area contributed by atoms with Crippen LogP contribution in [0.2, 0.25) is 0 Å². The predicted octanol–water partition coefficient (Wildman–Crippen LogP) is 1.96. The van der Waals surface area contributed by atoms with E-state index in [1.807, 2.05) is 0 Å². The minimum atomic E-state index is -2.82. The van der Waals surface area contributed by atoms with Crippen LogP contribution in [-0.4, -0.2) is 74.8 Å². The minimum Gasteiger partial charge on any atom is -0.394 e. The number of ether oxygens (including phenoxy) is 1. The zero-order valence-electron chi connectivity index (χ0n) is 17.3. The summed E-state index contributed by atoms with van der Waals surface area (Å²) in [5, 5.41) is 33.6. The van der Waals surface area contributed by atoms with Gasteiger partial charge in [0.2, 0.25) is 5.92 Å². The van der Waals surface area contributed by atoms with E-state index in [9.17, 15) is 37.3 Å². The fourth-order valence-corrected chi connectivity index (χ4v) is 5.38. The summed E-state index contributed by atoms with van der Waals surface area (Å²) in [7, 11) is 0. The van der Waals surface area contributed by atoms with E-state index >= 15 is 0 Å². The van der Waals surface area contributed by atoms with Crippen LogP contribution in [0.25, 0.3) is 0 Å². The maximum Gasteiger partial charge on any atom is 0.249 e. The lowest BCUT2D eigenvalue weighted by atomic mass is 9.96. The van der Waals surface area contributed by atoms with Gasteiger partial charge in [-0.1, -0.05) is 0 Å². The lowest BCUT2D eigenvalue weighted by Gasteiger charge is -2.42. The molecule has 0 bridgehead atoms. The fourth-order valence-electron chi connectivity index (χ4n) is 3.83. The van der Waals surface area contributed by atoms with E-state index in [1.54, 1.807) is 0 Å². The first-order valence-corrected chi connectivity index (χ1v) is 11.1. The Morgan fingerprint density at radius 1 is 1.21 bits per heavy atom. The summed E-state index contributed by atoms with van der Waals surface area (Å²) in [6.07, 6.45) is -3.02. The molecule has 13 heteroatoms. The van der Waals surface area contributed by atoms with Crippen LogP contribution in [0.3, 0.4) is 0 Å². The highest BCUT2D eigenvalue weighted by Gasteiger charge is 2.46. The molecule has 3 rings (SSSR count). The lowest BCUT2D eigenvalue weighted by Crippen LogP contribution is -2.57. The zero-order valence-corrected chi connectivity index (χ0v) is 18.1. The number of hydrogen-bond donors (Lipinski definition) is 4. The van der Waals surface area contributed by atoms with Gasteiger partial charge < -0.3 is 25.9 Å². The molecule has 0 spiro atoms. The van der Waals surface area contributed by atoms with Crippen molar-refractivity contribution in [3.63, 3.8) is 0 Å². The number of thioether (sulfide) groups is 1. The maximum atomic E-state index is 13.8. The van der Waals surface area contributed by atoms with Gasteiger partial charge in [-0.3, -0.25) is 4.99 Å². The number of rotatable bonds is 6. The summed E-state index contributed by atoms with van der Waals surface area (Å²) in [5.41, 5.74) is -1.61. The molecule has 7 nitrogen and oxygen atoms in total. The molecular formula is C20H24F5N3O4S. The minimum absolute atomic E-state index is 0.213. The highest BCUT2D eigenvalue weighted by atomic mass is 32.2. The normalized spacial score (nSPS) is 32.9. The topological polar surface area (TPSA) is 121 Å². The van der Waals surface area contributed by atoms with Crippen molar-refractivity contribution in [3.8, 4) is 0 Å². The van der Waals surface area contributed by atoms with Crippen molar-refractivity contribution in [1.29, 1.82) is 0 Å². The molecule has 184 valence electrons. The van der Waals surface area contributed by atoms with E-state index in [2.05, 4.69) is 10.1 Å². The monoisotopic (exact) mass is 497 g/mol. The number of aliphatic imine (C=N–C) groups is 1. The Labute approximate surface area is 190 Å². The number of nitrogens with zero attached hydrogens (tertiary/aromatic N) is 2. The zero-order chi connectivity index (χ0) is 24.3. The molecule has 1 aromatic rings.